The van der Waals surface area contributed by atoms with Gasteiger partial charge in [-0.3, -0.25) is 4.79 Å². The van der Waals surface area contributed by atoms with Crippen LogP contribution in [-0.2, 0) is 14.3 Å². The van der Waals surface area contributed by atoms with E-state index >= 15 is 0 Å². The highest BCUT2D eigenvalue weighted by Gasteiger charge is 2.45. The molecule has 0 saturated heterocycles. The molecule has 33 heavy (non-hydrogen) atoms. The molecular weight excluding hydrogens is 414 g/mol. The zero-order chi connectivity index (χ0) is 23.5. The number of methoxy groups -OCH3 is 1. The van der Waals surface area contributed by atoms with Gasteiger partial charge in [0.25, 0.3) is 0 Å². The van der Waals surface area contributed by atoms with Crippen molar-refractivity contribution in [3.05, 3.63) is 88.8 Å². The highest BCUT2D eigenvalue weighted by Crippen LogP contribution is 2.48. The highest BCUT2D eigenvalue weighted by atomic mass is 16.5. The van der Waals surface area contributed by atoms with Crippen LogP contribution >= 0.6 is 0 Å². The Bertz CT molecular complexity index is 1100. The lowest BCUT2D eigenvalue weighted by molar-refractivity contribution is -0.140. The Labute approximate surface area is 195 Å². The predicted octanol–water partition coefficient (Wildman–Crippen LogP) is 5.11. The van der Waals surface area contributed by atoms with E-state index in [1.54, 1.807) is 7.11 Å². The van der Waals surface area contributed by atoms with Gasteiger partial charge in [-0.25, -0.2) is 4.79 Å². The van der Waals surface area contributed by atoms with Gasteiger partial charge >= 0.3 is 5.97 Å². The van der Waals surface area contributed by atoms with Gasteiger partial charge < -0.3 is 14.8 Å². The van der Waals surface area contributed by atoms with Crippen LogP contribution in [0.15, 0.2) is 77.6 Å². The molecule has 0 saturated carbocycles. The largest absolute Gasteiger partial charge is 0.496 e. The zero-order valence-electron chi connectivity index (χ0n) is 19.6. The van der Waals surface area contributed by atoms with Gasteiger partial charge in [0.2, 0.25) is 0 Å². The van der Waals surface area contributed by atoms with Crippen LogP contribution in [0.1, 0.15) is 50.2 Å². The number of rotatable bonds is 6. The molecule has 0 fully saturated rings. The average molecular weight is 446 g/mol. The summed E-state index contributed by atoms with van der Waals surface area (Å²) in [6.45, 7) is 6.20. The van der Waals surface area contributed by atoms with Gasteiger partial charge in [0.05, 0.1) is 25.2 Å². The molecule has 4 rings (SSSR count). The Morgan fingerprint density at radius 2 is 1.76 bits per heavy atom. The van der Waals surface area contributed by atoms with E-state index in [2.05, 4.69) is 11.4 Å². The van der Waals surface area contributed by atoms with E-state index in [9.17, 15) is 9.59 Å². The van der Waals surface area contributed by atoms with Crippen LogP contribution in [0.5, 0.6) is 5.75 Å². The zero-order valence-corrected chi connectivity index (χ0v) is 19.6. The summed E-state index contributed by atoms with van der Waals surface area (Å²) in [6, 6.07) is 17.7. The standard InChI is InChI=1S/C28H31NO4/c1-17(2)16-33-28(31)25-18(3)29-22-14-20(19-10-6-5-7-11-19)15-23(30)27(22)26(25)21-12-8-9-13-24(21)32-4/h5-14,17,20,26-27,29H,15-16H2,1-4H3. The first-order valence-electron chi connectivity index (χ1n) is 11.5. The van der Waals surface area contributed by atoms with E-state index in [-0.39, 0.29) is 23.6 Å². The lowest BCUT2D eigenvalue weighted by atomic mass is 9.68. The molecule has 5 nitrogen and oxygen atoms in total. The van der Waals surface area contributed by atoms with Crippen LogP contribution in [0.25, 0.3) is 0 Å². The molecule has 172 valence electrons. The second-order valence-corrected chi connectivity index (χ2v) is 9.16. The minimum Gasteiger partial charge on any atom is -0.496 e. The Kier molecular flexibility index (Phi) is 6.68. The molecule has 2 aromatic carbocycles. The first-order chi connectivity index (χ1) is 15.9. The van der Waals surface area contributed by atoms with E-state index in [1.807, 2.05) is 75.4 Å². The topological polar surface area (TPSA) is 64.6 Å². The first kappa shape index (κ1) is 22.8. The van der Waals surface area contributed by atoms with Gasteiger partial charge in [-0.15, -0.1) is 0 Å². The molecule has 1 aliphatic carbocycles. The Balaban J connectivity index is 1.83. The fraction of sp³-hybridized carbons (Fsp3) is 0.357. The molecule has 1 N–H and O–H groups in total. The number of ketones is 1. The summed E-state index contributed by atoms with van der Waals surface area (Å²) in [5.74, 6) is -0.381. The molecule has 3 atom stereocenters. The van der Waals surface area contributed by atoms with E-state index in [1.165, 1.54) is 0 Å². The Morgan fingerprint density at radius 3 is 2.45 bits per heavy atom. The molecule has 0 amide bonds. The summed E-state index contributed by atoms with van der Waals surface area (Å²) in [4.78, 5) is 26.9. The van der Waals surface area contributed by atoms with Gasteiger partial charge in [0.15, 0.2) is 0 Å². The smallest absolute Gasteiger partial charge is 0.336 e. The number of fused-ring (bicyclic) bond motifs is 1. The first-order valence-corrected chi connectivity index (χ1v) is 11.5. The van der Waals surface area contributed by atoms with Crippen molar-refractivity contribution < 1.29 is 19.1 Å². The summed E-state index contributed by atoms with van der Waals surface area (Å²) in [6.07, 6.45) is 2.53. The monoisotopic (exact) mass is 445 g/mol. The Hall–Kier alpha value is -3.34. The number of hydrogen-bond donors (Lipinski definition) is 1. The van der Waals surface area contributed by atoms with Crippen molar-refractivity contribution in [2.24, 2.45) is 11.8 Å². The predicted molar refractivity (Wildman–Crippen MR) is 128 cm³/mol. The third-order valence-electron chi connectivity index (χ3n) is 6.33. The van der Waals surface area contributed by atoms with E-state index in [0.29, 0.717) is 30.0 Å². The van der Waals surface area contributed by atoms with Crippen molar-refractivity contribution >= 4 is 11.8 Å². The second kappa shape index (κ2) is 9.65. The Morgan fingerprint density at radius 1 is 1.06 bits per heavy atom. The van der Waals surface area contributed by atoms with Crippen molar-refractivity contribution in [3.63, 3.8) is 0 Å². The molecule has 1 heterocycles. The lowest BCUT2D eigenvalue weighted by Gasteiger charge is -2.40. The summed E-state index contributed by atoms with van der Waals surface area (Å²) >= 11 is 0. The normalized spacial score (nSPS) is 22.4. The maximum absolute atomic E-state index is 13.6. The third-order valence-corrected chi connectivity index (χ3v) is 6.33. The summed E-state index contributed by atoms with van der Waals surface area (Å²) in [5, 5.41) is 3.38. The van der Waals surface area contributed by atoms with E-state index < -0.39 is 11.8 Å². The lowest BCUT2D eigenvalue weighted by Crippen LogP contribution is -2.42. The highest BCUT2D eigenvalue weighted by molar-refractivity contribution is 5.96. The molecule has 2 aliphatic rings. The summed E-state index contributed by atoms with van der Waals surface area (Å²) < 4.78 is 11.3. The summed E-state index contributed by atoms with van der Waals surface area (Å²) in [7, 11) is 1.61. The van der Waals surface area contributed by atoms with Gasteiger partial charge in [-0.1, -0.05) is 68.5 Å². The van der Waals surface area contributed by atoms with Gasteiger partial charge in [-0.2, -0.15) is 0 Å². The molecular formula is C28H31NO4. The number of carbonyl (C=O) groups is 2. The minimum atomic E-state index is -0.494. The van der Waals surface area contributed by atoms with Gasteiger partial charge in [0, 0.05) is 35.2 Å². The van der Waals surface area contributed by atoms with Crippen molar-refractivity contribution in [1.82, 2.24) is 5.32 Å². The fourth-order valence-electron chi connectivity index (χ4n) is 4.84. The third kappa shape index (κ3) is 4.58. The maximum Gasteiger partial charge on any atom is 0.336 e. The molecule has 5 heteroatoms. The van der Waals surface area contributed by atoms with Crippen LogP contribution in [0.2, 0.25) is 0 Å². The second-order valence-electron chi connectivity index (χ2n) is 9.16. The molecule has 1 aliphatic heterocycles. The number of carbonyl (C=O) groups excluding carboxylic acids is 2. The van der Waals surface area contributed by atoms with Crippen LogP contribution in [0, 0.1) is 11.8 Å². The summed E-state index contributed by atoms with van der Waals surface area (Å²) in [5.41, 5.74) is 3.97. The van der Waals surface area contributed by atoms with E-state index in [4.69, 9.17) is 9.47 Å². The van der Waals surface area contributed by atoms with Gasteiger partial charge in [0.1, 0.15) is 11.5 Å². The number of hydrogen-bond acceptors (Lipinski definition) is 5. The molecule has 2 aromatic rings. The number of esters is 1. The van der Waals surface area contributed by atoms with Crippen LogP contribution in [-0.4, -0.2) is 25.5 Å². The van der Waals surface area contributed by atoms with Crippen LogP contribution in [0.3, 0.4) is 0 Å². The molecule has 0 bridgehead atoms. The SMILES string of the molecule is COc1ccccc1C1C(C(=O)OCC(C)C)=C(C)NC2=CC(c3ccccc3)CC(=O)C21. The molecule has 3 unspecified atom stereocenters. The van der Waals surface area contributed by atoms with Crippen molar-refractivity contribution in [2.45, 2.75) is 39.0 Å². The average Bonchev–Trinajstić information content (AvgIpc) is 2.82. The number of allylic oxidation sites excluding steroid dienone is 3. The number of nitrogens with one attached hydrogen (secondary N) is 1. The number of Topliss-reactive ketones (excluding diaryl/α,β-unsaturated/α-hetero) is 1. The van der Waals surface area contributed by atoms with E-state index in [0.717, 1.165) is 16.8 Å². The van der Waals surface area contributed by atoms with Crippen molar-refractivity contribution in [3.8, 4) is 5.75 Å². The quantitative estimate of drug-likeness (QED) is 0.626. The number of ether oxygens (including phenoxy) is 2. The van der Waals surface area contributed by atoms with Gasteiger partial charge in [-0.05, 0) is 24.5 Å². The molecule has 0 aromatic heterocycles. The van der Waals surface area contributed by atoms with Crippen LogP contribution in [0.4, 0.5) is 0 Å². The van der Waals surface area contributed by atoms with Crippen LogP contribution < -0.4 is 10.1 Å². The van der Waals surface area contributed by atoms with Crippen molar-refractivity contribution in [1.29, 1.82) is 0 Å². The minimum absolute atomic E-state index is 0.00184. The number of benzene rings is 2. The maximum atomic E-state index is 13.6. The van der Waals surface area contributed by atoms with Crippen molar-refractivity contribution in [2.75, 3.05) is 13.7 Å². The fourth-order valence-corrected chi connectivity index (χ4v) is 4.84. The molecule has 0 radical (unpaired) electrons. The number of para-hydroxylation sites is 1. The molecule has 0 spiro atoms.